The van der Waals surface area contributed by atoms with Gasteiger partial charge in [0.1, 0.15) is 0 Å². The van der Waals surface area contributed by atoms with E-state index in [0.717, 1.165) is 4.90 Å². The molecule has 0 radical (unpaired) electrons. The summed E-state index contributed by atoms with van der Waals surface area (Å²) in [6.45, 7) is 1.47. The first kappa shape index (κ1) is 14.8. The Morgan fingerprint density at radius 1 is 1.10 bits per heavy atom. The highest BCUT2D eigenvalue weighted by molar-refractivity contribution is 7.99. The average Bonchev–Trinajstić information content (AvgIpc) is 2.42. The first-order valence-corrected chi connectivity index (χ1v) is 8.11. The first-order valence-electron chi connectivity index (χ1n) is 6.07. The Bertz CT molecular complexity index is 629. The van der Waals surface area contributed by atoms with E-state index in [4.69, 9.17) is 5.73 Å². The second kappa shape index (κ2) is 6.72. The Balaban J connectivity index is 2.17. The van der Waals surface area contributed by atoms with Gasteiger partial charge in [-0.25, -0.2) is 0 Å². The lowest BCUT2D eigenvalue weighted by Crippen LogP contribution is -2.07. The number of thioether (sulfide) groups is 1. The van der Waals surface area contributed by atoms with Crippen LogP contribution in [0.25, 0.3) is 0 Å². The number of nitrogens with two attached hydrogens (primary N) is 1. The van der Waals surface area contributed by atoms with Gasteiger partial charge in [0.05, 0.1) is 11.4 Å². The van der Waals surface area contributed by atoms with E-state index in [1.807, 2.05) is 24.3 Å². The van der Waals surface area contributed by atoms with Gasteiger partial charge in [-0.3, -0.25) is 4.79 Å². The third kappa shape index (κ3) is 3.95. The Hall–Kier alpha value is -1.59. The van der Waals surface area contributed by atoms with Crippen LogP contribution < -0.4 is 11.1 Å². The molecule has 20 heavy (non-hydrogen) atoms. The maximum Gasteiger partial charge on any atom is 0.221 e. The molecule has 0 aliphatic heterocycles. The molecule has 104 valence electrons. The molecule has 0 bridgehead atoms. The molecule has 3 nitrogen and oxygen atoms in total. The van der Waals surface area contributed by atoms with Gasteiger partial charge < -0.3 is 11.1 Å². The van der Waals surface area contributed by atoms with Crippen LogP contribution in [-0.4, -0.2) is 12.2 Å². The van der Waals surface area contributed by atoms with Gasteiger partial charge in [-0.05, 0) is 42.7 Å². The molecule has 0 saturated heterocycles. The SMILES string of the molecule is CSc1cccc(Sc2ccc(NC(C)=O)c(N)c2)c1. The molecule has 0 aromatic heterocycles. The molecule has 1 amide bonds. The third-order valence-electron chi connectivity index (χ3n) is 2.61. The third-order valence-corrected chi connectivity index (χ3v) is 4.32. The van der Waals surface area contributed by atoms with Crippen LogP contribution in [0.2, 0.25) is 0 Å². The molecule has 3 N–H and O–H groups in total. The number of carbonyl (C=O) groups is 1. The highest BCUT2D eigenvalue weighted by Crippen LogP contribution is 2.33. The van der Waals surface area contributed by atoms with E-state index in [9.17, 15) is 4.79 Å². The Morgan fingerprint density at radius 3 is 2.45 bits per heavy atom. The monoisotopic (exact) mass is 304 g/mol. The smallest absolute Gasteiger partial charge is 0.221 e. The van der Waals surface area contributed by atoms with E-state index in [-0.39, 0.29) is 5.91 Å². The molecule has 2 aromatic carbocycles. The van der Waals surface area contributed by atoms with E-state index in [2.05, 4.69) is 29.8 Å². The largest absolute Gasteiger partial charge is 0.397 e. The van der Waals surface area contributed by atoms with Crippen molar-refractivity contribution in [3.05, 3.63) is 42.5 Å². The zero-order valence-corrected chi connectivity index (χ0v) is 13.0. The van der Waals surface area contributed by atoms with Crippen LogP contribution >= 0.6 is 23.5 Å². The van der Waals surface area contributed by atoms with Crippen molar-refractivity contribution >= 4 is 40.8 Å². The molecule has 0 aliphatic rings. The number of nitrogen functional groups attached to an aromatic ring is 1. The summed E-state index contributed by atoms with van der Waals surface area (Å²) >= 11 is 3.37. The summed E-state index contributed by atoms with van der Waals surface area (Å²) in [6.07, 6.45) is 2.06. The van der Waals surface area contributed by atoms with Crippen LogP contribution in [0.15, 0.2) is 57.2 Å². The van der Waals surface area contributed by atoms with Crippen molar-refractivity contribution in [3.63, 3.8) is 0 Å². The lowest BCUT2D eigenvalue weighted by Gasteiger charge is -2.09. The number of carbonyl (C=O) groups excluding carboxylic acids is 1. The van der Waals surface area contributed by atoms with Crippen molar-refractivity contribution in [2.24, 2.45) is 0 Å². The fourth-order valence-corrected chi connectivity index (χ4v) is 3.17. The van der Waals surface area contributed by atoms with Gasteiger partial charge in [-0.15, -0.1) is 11.8 Å². The van der Waals surface area contributed by atoms with Gasteiger partial charge in [0.2, 0.25) is 5.91 Å². The Labute approximate surface area is 127 Å². The second-order valence-electron chi connectivity index (χ2n) is 4.21. The normalized spacial score (nSPS) is 10.3. The molecule has 0 aliphatic carbocycles. The lowest BCUT2D eigenvalue weighted by atomic mass is 10.2. The molecule has 2 aromatic rings. The predicted octanol–water partition coefficient (Wildman–Crippen LogP) is 4.10. The van der Waals surface area contributed by atoms with Gasteiger partial charge >= 0.3 is 0 Å². The minimum Gasteiger partial charge on any atom is -0.397 e. The fourth-order valence-electron chi connectivity index (χ4n) is 1.71. The fraction of sp³-hybridized carbons (Fsp3) is 0.133. The topological polar surface area (TPSA) is 55.1 Å². The van der Waals surface area contributed by atoms with Gasteiger partial charge in [-0.2, -0.15) is 0 Å². The lowest BCUT2D eigenvalue weighted by molar-refractivity contribution is -0.114. The molecule has 0 heterocycles. The molecule has 2 rings (SSSR count). The predicted molar refractivity (Wildman–Crippen MR) is 87.5 cm³/mol. The minimum atomic E-state index is -0.121. The maximum atomic E-state index is 11.0. The Kier molecular flexibility index (Phi) is 4.98. The molecular weight excluding hydrogens is 288 g/mol. The van der Waals surface area contributed by atoms with E-state index in [0.29, 0.717) is 11.4 Å². The molecule has 0 unspecified atom stereocenters. The Morgan fingerprint density at radius 2 is 1.80 bits per heavy atom. The zero-order chi connectivity index (χ0) is 14.5. The van der Waals surface area contributed by atoms with E-state index < -0.39 is 0 Å². The van der Waals surface area contributed by atoms with Crippen molar-refractivity contribution in [2.75, 3.05) is 17.3 Å². The summed E-state index contributed by atoms with van der Waals surface area (Å²) in [5.41, 5.74) is 7.17. The van der Waals surface area contributed by atoms with Gasteiger partial charge in [0.15, 0.2) is 0 Å². The van der Waals surface area contributed by atoms with Crippen LogP contribution in [0.1, 0.15) is 6.92 Å². The molecule has 5 heteroatoms. The number of anilines is 2. The van der Waals surface area contributed by atoms with Crippen LogP contribution in [-0.2, 0) is 4.79 Å². The summed E-state index contributed by atoms with van der Waals surface area (Å²) in [5, 5.41) is 2.71. The van der Waals surface area contributed by atoms with Crippen molar-refractivity contribution in [2.45, 2.75) is 21.6 Å². The molecular formula is C15H16N2OS2. The summed E-state index contributed by atoms with van der Waals surface area (Å²) in [4.78, 5) is 14.5. The van der Waals surface area contributed by atoms with Crippen molar-refractivity contribution < 1.29 is 4.79 Å². The van der Waals surface area contributed by atoms with Crippen LogP contribution in [0.4, 0.5) is 11.4 Å². The van der Waals surface area contributed by atoms with Gasteiger partial charge in [0, 0.05) is 21.6 Å². The minimum absolute atomic E-state index is 0.121. The van der Waals surface area contributed by atoms with Crippen LogP contribution in [0.5, 0.6) is 0 Å². The van der Waals surface area contributed by atoms with E-state index in [1.165, 1.54) is 16.7 Å². The number of amides is 1. The number of benzene rings is 2. The standard InChI is InChI=1S/C15H16N2OS2/c1-10(18)17-15-7-6-13(9-14(15)16)20-12-5-3-4-11(8-12)19-2/h3-9H,16H2,1-2H3,(H,17,18). The van der Waals surface area contributed by atoms with Crippen molar-refractivity contribution in [1.29, 1.82) is 0 Å². The number of hydrogen-bond acceptors (Lipinski definition) is 4. The zero-order valence-electron chi connectivity index (χ0n) is 11.3. The van der Waals surface area contributed by atoms with Gasteiger partial charge in [0.25, 0.3) is 0 Å². The number of rotatable bonds is 4. The quantitative estimate of drug-likeness (QED) is 0.659. The first-order chi connectivity index (χ1) is 9.58. The molecule has 0 saturated carbocycles. The van der Waals surface area contributed by atoms with Crippen molar-refractivity contribution in [1.82, 2.24) is 0 Å². The average molecular weight is 304 g/mol. The van der Waals surface area contributed by atoms with E-state index in [1.54, 1.807) is 23.5 Å². The number of hydrogen-bond donors (Lipinski definition) is 2. The van der Waals surface area contributed by atoms with Crippen LogP contribution in [0, 0.1) is 0 Å². The highest BCUT2D eigenvalue weighted by atomic mass is 32.2. The van der Waals surface area contributed by atoms with E-state index >= 15 is 0 Å². The maximum absolute atomic E-state index is 11.0. The molecule has 0 atom stereocenters. The summed E-state index contributed by atoms with van der Waals surface area (Å²) < 4.78 is 0. The van der Waals surface area contributed by atoms with Crippen molar-refractivity contribution in [3.8, 4) is 0 Å². The molecule has 0 fully saturated rings. The summed E-state index contributed by atoms with van der Waals surface area (Å²) in [7, 11) is 0. The molecule has 0 spiro atoms. The van der Waals surface area contributed by atoms with Gasteiger partial charge in [-0.1, -0.05) is 17.8 Å². The highest BCUT2D eigenvalue weighted by Gasteiger charge is 2.04. The number of nitrogens with one attached hydrogen (secondary N) is 1. The second-order valence-corrected chi connectivity index (χ2v) is 6.24. The van der Waals surface area contributed by atoms with Crippen LogP contribution in [0.3, 0.4) is 0 Å². The summed E-state index contributed by atoms with van der Waals surface area (Å²) in [5.74, 6) is -0.121. The summed E-state index contributed by atoms with van der Waals surface area (Å²) in [6, 6.07) is 14.0.